The average Bonchev–Trinajstić information content (AvgIpc) is 2.69. The third-order valence-corrected chi connectivity index (χ3v) is 5.47. The maximum absolute atomic E-state index is 13.0. The zero-order valence-electron chi connectivity index (χ0n) is 15.8. The van der Waals surface area contributed by atoms with Gasteiger partial charge in [0.05, 0.1) is 12.7 Å². The number of ether oxygens (including phenoxy) is 1. The molecule has 3 aromatic carbocycles. The van der Waals surface area contributed by atoms with E-state index in [0.29, 0.717) is 18.4 Å². The summed E-state index contributed by atoms with van der Waals surface area (Å²) in [6, 6.07) is 16.9. The topological polar surface area (TPSA) is 75.6 Å². The molecule has 5 heteroatoms. The summed E-state index contributed by atoms with van der Waals surface area (Å²) < 4.78 is 5.08. The van der Waals surface area contributed by atoms with Gasteiger partial charge in [-0.15, -0.1) is 0 Å². The fourth-order valence-electron chi connectivity index (χ4n) is 4.12. The summed E-state index contributed by atoms with van der Waals surface area (Å²) in [6.07, 6.45) is 0.651. The Labute approximate surface area is 162 Å². The van der Waals surface area contributed by atoms with Crippen LogP contribution in [0.5, 0.6) is 5.75 Å². The first kappa shape index (κ1) is 18.0. The van der Waals surface area contributed by atoms with E-state index in [1.54, 1.807) is 25.1 Å². The van der Waals surface area contributed by atoms with Gasteiger partial charge in [0.15, 0.2) is 0 Å². The molecule has 2 N–H and O–H groups in total. The summed E-state index contributed by atoms with van der Waals surface area (Å²) in [7, 11) is 1.32. The van der Waals surface area contributed by atoms with Gasteiger partial charge >= 0.3 is 5.97 Å². The number of carbonyl (C=O) groups excluding carboxylic acids is 2. The third-order valence-electron chi connectivity index (χ3n) is 5.47. The molecule has 0 saturated heterocycles. The van der Waals surface area contributed by atoms with E-state index in [0.717, 1.165) is 21.9 Å². The Kier molecular flexibility index (Phi) is 4.30. The predicted octanol–water partition coefficient (Wildman–Crippen LogP) is 3.29. The van der Waals surface area contributed by atoms with Crippen LogP contribution >= 0.6 is 0 Å². The Morgan fingerprint density at radius 2 is 1.61 bits per heavy atom. The predicted molar refractivity (Wildman–Crippen MR) is 106 cm³/mol. The molecule has 28 heavy (non-hydrogen) atoms. The third kappa shape index (κ3) is 2.80. The number of phenolic OH excluding ortho intramolecular Hbond substituents is 1. The second kappa shape index (κ2) is 6.68. The molecule has 3 aromatic rings. The highest BCUT2D eigenvalue weighted by Crippen LogP contribution is 2.35. The molecule has 0 aromatic heterocycles. The molecular formula is C23H21NO4. The van der Waals surface area contributed by atoms with Crippen LogP contribution in [0.2, 0.25) is 0 Å². The Balaban J connectivity index is 1.78. The van der Waals surface area contributed by atoms with Crippen molar-refractivity contribution < 1.29 is 19.4 Å². The normalized spacial score (nSPS) is 14.5. The average molecular weight is 375 g/mol. The molecule has 4 rings (SSSR count). The number of esters is 1. The number of nitrogens with one attached hydrogen (secondary N) is 1. The fourth-order valence-corrected chi connectivity index (χ4v) is 4.12. The van der Waals surface area contributed by atoms with Gasteiger partial charge < -0.3 is 15.2 Å². The van der Waals surface area contributed by atoms with Crippen molar-refractivity contribution in [1.82, 2.24) is 5.32 Å². The van der Waals surface area contributed by atoms with Gasteiger partial charge in [0.25, 0.3) is 5.91 Å². The Morgan fingerprint density at radius 1 is 1.00 bits per heavy atom. The number of hydrogen-bond acceptors (Lipinski definition) is 4. The molecule has 0 bridgehead atoms. The van der Waals surface area contributed by atoms with Crippen molar-refractivity contribution in [2.75, 3.05) is 7.11 Å². The van der Waals surface area contributed by atoms with Crippen molar-refractivity contribution in [3.8, 4) is 5.75 Å². The van der Waals surface area contributed by atoms with Crippen molar-refractivity contribution in [3.05, 3.63) is 76.9 Å². The fraction of sp³-hybridized carbons (Fsp3) is 0.217. The van der Waals surface area contributed by atoms with E-state index in [2.05, 4.69) is 5.32 Å². The summed E-state index contributed by atoms with van der Waals surface area (Å²) in [5.74, 6) is -1.09. The van der Waals surface area contributed by atoms with Crippen LogP contribution in [0.4, 0.5) is 0 Å². The van der Waals surface area contributed by atoms with Crippen molar-refractivity contribution in [2.24, 2.45) is 0 Å². The summed E-state index contributed by atoms with van der Waals surface area (Å²) in [5.41, 5.74) is 1.47. The molecule has 0 radical (unpaired) electrons. The van der Waals surface area contributed by atoms with Gasteiger partial charge in [-0.05, 0) is 40.5 Å². The van der Waals surface area contributed by atoms with Crippen LogP contribution in [0.3, 0.4) is 0 Å². The maximum atomic E-state index is 13.0. The highest BCUT2D eigenvalue weighted by Gasteiger charge is 2.45. The highest BCUT2D eigenvalue weighted by atomic mass is 16.5. The number of benzene rings is 3. The van der Waals surface area contributed by atoms with Crippen LogP contribution in [-0.4, -0.2) is 29.6 Å². The lowest BCUT2D eigenvalue weighted by Crippen LogP contribution is -2.59. The molecule has 0 saturated carbocycles. The molecule has 142 valence electrons. The minimum atomic E-state index is -1.23. The van der Waals surface area contributed by atoms with E-state index in [9.17, 15) is 14.7 Å². The number of aromatic hydroxyl groups is 1. The van der Waals surface area contributed by atoms with Gasteiger partial charge in [-0.25, -0.2) is 4.79 Å². The SMILES string of the molecule is COC(=O)C1(NC(=O)c2cccc(C)c2O)Cc2cccc3cccc(c23)C1. The van der Waals surface area contributed by atoms with Crippen molar-refractivity contribution in [3.63, 3.8) is 0 Å². The first-order valence-corrected chi connectivity index (χ1v) is 9.14. The monoisotopic (exact) mass is 375 g/mol. The van der Waals surface area contributed by atoms with Gasteiger partial charge in [0, 0.05) is 12.8 Å². The second-order valence-electron chi connectivity index (χ2n) is 7.28. The smallest absolute Gasteiger partial charge is 0.332 e. The minimum Gasteiger partial charge on any atom is -0.507 e. The first-order chi connectivity index (χ1) is 13.4. The Morgan fingerprint density at radius 3 is 2.21 bits per heavy atom. The second-order valence-corrected chi connectivity index (χ2v) is 7.28. The van der Waals surface area contributed by atoms with Crippen molar-refractivity contribution in [2.45, 2.75) is 25.3 Å². The lowest BCUT2D eigenvalue weighted by Gasteiger charge is -2.36. The van der Waals surface area contributed by atoms with E-state index >= 15 is 0 Å². The molecule has 1 aliphatic rings. The number of phenols is 1. The Bertz CT molecular complexity index is 1060. The summed E-state index contributed by atoms with van der Waals surface area (Å²) in [6.45, 7) is 1.72. The molecule has 0 atom stereocenters. The highest BCUT2D eigenvalue weighted by molar-refractivity contribution is 6.02. The number of rotatable bonds is 3. The van der Waals surface area contributed by atoms with Gasteiger partial charge in [-0.3, -0.25) is 4.79 Å². The van der Waals surface area contributed by atoms with Gasteiger partial charge in [-0.2, -0.15) is 0 Å². The zero-order valence-corrected chi connectivity index (χ0v) is 15.8. The van der Waals surface area contributed by atoms with Crippen LogP contribution in [0.25, 0.3) is 10.8 Å². The number of carbonyl (C=O) groups is 2. The van der Waals surface area contributed by atoms with E-state index in [-0.39, 0.29) is 11.3 Å². The first-order valence-electron chi connectivity index (χ1n) is 9.14. The molecule has 0 unspecified atom stereocenters. The van der Waals surface area contributed by atoms with Crippen LogP contribution in [-0.2, 0) is 22.4 Å². The number of hydrogen-bond donors (Lipinski definition) is 2. The number of aryl methyl sites for hydroxylation is 1. The molecule has 1 amide bonds. The van der Waals surface area contributed by atoms with Crippen LogP contribution in [0, 0.1) is 6.92 Å². The molecule has 0 spiro atoms. The largest absolute Gasteiger partial charge is 0.507 e. The maximum Gasteiger partial charge on any atom is 0.332 e. The standard InChI is InChI=1S/C23H21NO4/c1-14-6-3-11-18(20(14)25)21(26)24-23(22(27)28-2)12-16-9-4-7-15-8-5-10-17(13-23)19(15)16/h3-11,25H,12-13H2,1-2H3,(H,24,26). The number of methoxy groups -OCH3 is 1. The van der Waals surface area contributed by atoms with Crippen molar-refractivity contribution in [1.29, 1.82) is 0 Å². The molecule has 0 aliphatic heterocycles. The van der Waals surface area contributed by atoms with E-state index in [1.807, 2.05) is 36.4 Å². The van der Waals surface area contributed by atoms with E-state index in [1.165, 1.54) is 7.11 Å². The van der Waals surface area contributed by atoms with Gasteiger partial charge in [0.1, 0.15) is 11.3 Å². The quantitative estimate of drug-likeness (QED) is 0.689. The molecular weight excluding hydrogens is 354 g/mol. The van der Waals surface area contributed by atoms with Gasteiger partial charge in [-0.1, -0.05) is 48.5 Å². The lowest BCUT2D eigenvalue weighted by atomic mass is 9.76. The van der Waals surface area contributed by atoms with E-state index < -0.39 is 17.4 Å². The van der Waals surface area contributed by atoms with Crippen LogP contribution in [0.15, 0.2) is 54.6 Å². The number of para-hydroxylation sites is 1. The number of amides is 1. The molecule has 5 nitrogen and oxygen atoms in total. The van der Waals surface area contributed by atoms with Crippen LogP contribution < -0.4 is 5.32 Å². The van der Waals surface area contributed by atoms with Crippen molar-refractivity contribution >= 4 is 22.6 Å². The lowest BCUT2D eigenvalue weighted by molar-refractivity contribution is -0.148. The van der Waals surface area contributed by atoms with Gasteiger partial charge in [0.2, 0.25) is 0 Å². The Hall–Kier alpha value is -3.34. The molecule has 0 heterocycles. The van der Waals surface area contributed by atoms with Crippen LogP contribution in [0.1, 0.15) is 27.0 Å². The van der Waals surface area contributed by atoms with E-state index in [4.69, 9.17) is 4.74 Å². The minimum absolute atomic E-state index is 0.0849. The molecule has 1 aliphatic carbocycles. The zero-order chi connectivity index (χ0) is 19.9. The summed E-state index contributed by atoms with van der Waals surface area (Å²) in [5, 5.41) is 15.4. The molecule has 0 fully saturated rings. The summed E-state index contributed by atoms with van der Waals surface area (Å²) in [4.78, 5) is 25.8. The summed E-state index contributed by atoms with van der Waals surface area (Å²) >= 11 is 0.